The van der Waals surface area contributed by atoms with E-state index in [1.807, 2.05) is 30.3 Å². The number of aromatic nitrogens is 4. The number of rotatable bonds is 5. The smallest absolute Gasteiger partial charge is 0.125 e. The number of hydrogen-bond donors (Lipinski definition) is 1. The first-order chi connectivity index (χ1) is 13.6. The van der Waals surface area contributed by atoms with Crippen LogP contribution in [0.5, 0.6) is 0 Å². The molecule has 0 unspecified atom stereocenters. The van der Waals surface area contributed by atoms with Gasteiger partial charge in [0.15, 0.2) is 0 Å². The normalized spacial score (nSPS) is 12.0. The summed E-state index contributed by atoms with van der Waals surface area (Å²) in [5.74, 6) is 0.597. The van der Waals surface area contributed by atoms with Gasteiger partial charge < -0.3 is 9.77 Å². The van der Waals surface area contributed by atoms with E-state index in [0.717, 1.165) is 34.7 Å². The van der Waals surface area contributed by atoms with Crippen LogP contribution in [-0.4, -0.2) is 30.3 Å². The van der Waals surface area contributed by atoms with Gasteiger partial charge in [0.2, 0.25) is 0 Å². The van der Waals surface area contributed by atoms with Gasteiger partial charge in [0.1, 0.15) is 11.6 Å². The van der Waals surface area contributed by atoms with Crippen LogP contribution < -0.4 is 0 Å². The summed E-state index contributed by atoms with van der Waals surface area (Å²) >= 11 is 0. The first kappa shape index (κ1) is 17.9. The summed E-state index contributed by atoms with van der Waals surface area (Å²) < 4.78 is 17.5. The summed E-state index contributed by atoms with van der Waals surface area (Å²) in [5, 5.41) is 16.6. The lowest BCUT2D eigenvalue weighted by molar-refractivity contribution is 0.319. The molecule has 0 amide bonds. The van der Waals surface area contributed by atoms with Gasteiger partial charge in [-0.15, -0.1) is 0 Å². The number of halogens is 1. The maximum atomic E-state index is 13.6. The maximum absolute atomic E-state index is 13.6. The molecule has 0 saturated heterocycles. The fraction of sp³-hybridized carbons (Fsp3) is 0.190. The Hall–Kier alpha value is -3.48. The van der Waals surface area contributed by atoms with Gasteiger partial charge in [0.05, 0.1) is 28.1 Å². The Morgan fingerprint density at radius 2 is 2.04 bits per heavy atom. The lowest BCUT2D eigenvalue weighted by Gasteiger charge is -2.09. The molecule has 0 aliphatic carbocycles. The number of imidazole rings is 1. The van der Waals surface area contributed by atoms with Gasteiger partial charge in [0, 0.05) is 24.7 Å². The van der Waals surface area contributed by atoms with Crippen molar-refractivity contribution in [2.24, 2.45) is 5.16 Å². The van der Waals surface area contributed by atoms with Crippen LogP contribution in [0.3, 0.4) is 0 Å². The third kappa shape index (κ3) is 3.15. The number of aryl methyl sites for hydroxylation is 1. The molecule has 0 saturated carbocycles. The van der Waals surface area contributed by atoms with Gasteiger partial charge in [-0.05, 0) is 50.2 Å². The number of benzene rings is 2. The third-order valence-corrected chi connectivity index (χ3v) is 4.82. The minimum absolute atomic E-state index is 0.298. The Labute approximate surface area is 161 Å². The van der Waals surface area contributed by atoms with Crippen molar-refractivity contribution in [3.8, 4) is 5.69 Å². The zero-order chi connectivity index (χ0) is 19.7. The zero-order valence-corrected chi connectivity index (χ0v) is 15.7. The quantitative estimate of drug-likeness (QED) is 0.322. The highest BCUT2D eigenvalue weighted by Gasteiger charge is 2.14. The van der Waals surface area contributed by atoms with Crippen LogP contribution in [0, 0.1) is 5.82 Å². The van der Waals surface area contributed by atoms with Gasteiger partial charge >= 0.3 is 0 Å². The Balaban J connectivity index is 1.76. The monoisotopic (exact) mass is 377 g/mol. The van der Waals surface area contributed by atoms with E-state index in [0.29, 0.717) is 17.8 Å². The molecule has 0 radical (unpaired) electrons. The number of nitrogens with zero attached hydrogens (tertiary/aromatic N) is 5. The van der Waals surface area contributed by atoms with E-state index in [1.165, 1.54) is 12.1 Å². The highest BCUT2D eigenvalue weighted by atomic mass is 19.1. The highest BCUT2D eigenvalue weighted by molar-refractivity contribution is 6.00. The molecule has 0 bridgehead atoms. The summed E-state index contributed by atoms with van der Waals surface area (Å²) in [6.45, 7) is 4.59. The van der Waals surface area contributed by atoms with Gasteiger partial charge in [-0.25, -0.2) is 14.1 Å². The molecule has 0 atom stereocenters. The lowest BCUT2D eigenvalue weighted by atomic mass is 10.1. The van der Waals surface area contributed by atoms with Crippen LogP contribution in [0.15, 0.2) is 59.9 Å². The Morgan fingerprint density at radius 3 is 2.79 bits per heavy atom. The third-order valence-electron chi connectivity index (χ3n) is 4.82. The van der Waals surface area contributed by atoms with Crippen LogP contribution in [0.1, 0.15) is 30.9 Å². The van der Waals surface area contributed by atoms with Crippen LogP contribution in [-0.2, 0) is 13.0 Å². The van der Waals surface area contributed by atoms with Gasteiger partial charge in [-0.3, -0.25) is 0 Å². The molecule has 0 spiro atoms. The van der Waals surface area contributed by atoms with Gasteiger partial charge in [-0.2, -0.15) is 5.10 Å². The predicted molar refractivity (Wildman–Crippen MR) is 106 cm³/mol. The second-order valence-corrected chi connectivity index (χ2v) is 6.55. The summed E-state index contributed by atoms with van der Waals surface area (Å²) in [7, 11) is 0. The summed E-state index contributed by atoms with van der Waals surface area (Å²) in [6, 6.07) is 14.1. The van der Waals surface area contributed by atoms with E-state index >= 15 is 0 Å². The highest BCUT2D eigenvalue weighted by Crippen LogP contribution is 2.22. The van der Waals surface area contributed by atoms with Crippen molar-refractivity contribution in [3.63, 3.8) is 0 Å². The molecule has 4 aromatic rings. The van der Waals surface area contributed by atoms with Crippen molar-refractivity contribution in [2.75, 3.05) is 0 Å². The van der Waals surface area contributed by atoms with Crippen molar-refractivity contribution < 1.29 is 9.60 Å². The van der Waals surface area contributed by atoms with Crippen molar-refractivity contribution in [1.29, 1.82) is 0 Å². The molecule has 0 aliphatic heterocycles. The summed E-state index contributed by atoms with van der Waals surface area (Å²) in [5.41, 5.74) is 4.82. The molecule has 1 N–H and O–H groups in total. The topological polar surface area (TPSA) is 68.2 Å². The van der Waals surface area contributed by atoms with Crippen LogP contribution in [0.4, 0.5) is 4.39 Å². The molecule has 4 rings (SSSR count). The van der Waals surface area contributed by atoms with E-state index < -0.39 is 0 Å². The summed E-state index contributed by atoms with van der Waals surface area (Å²) in [4.78, 5) is 4.80. The minimum Gasteiger partial charge on any atom is -0.411 e. The number of hydrogen-bond acceptors (Lipinski definition) is 4. The minimum atomic E-state index is -0.298. The number of fused-ring (bicyclic) bond motifs is 1. The van der Waals surface area contributed by atoms with Gasteiger partial charge in [-0.1, -0.05) is 17.3 Å². The maximum Gasteiger partial charge on any atom is 0.125 e. The SMILES string of the molecule is CCn1c(Cc2ccnn2-c2cccc(F)c2)nc2cc(C(C)=NO)ccc21. The molecule has 0 fully saturated rings. The second kappa shape index (κ2) is 7.26. The van der Waals surface area contributed by atoms with Crippen molar-refractivity contribution >= 4 is 16.7 Å². The first-order valence-electron chi connectivity index (χ1n) is 9.07. The second-order valence-electron chi connectivity index (χ2n) is 6.55. The molecule has 7 heteroatoms. The fourth-order valence-corrected chi connectivity index (χ4v) is 3.42. The van der Waals surface area contributed by atoms with E-state index in [4.69, 9.17) is 10.2 Å². The van der Waals surface area contributed by atoms with E-state index in [1.54, 1.807) is 23.9 Å². The molecular weight excluding hydrogens is 357 g/mol. The number of oxime groups is 1. The molecular formula is C21H20FN5O. The lowest BCUT2D eigenvalue weighted by Crippen LogP contribution is -2.07. The molecule has 142 valence electrons. The molecule has 6 nitrogen and oxygen atoms in total. The van der Waals surface area contributed by atoms with E-state index in [2.05, 4.69) is 21.7 Å². The van der Waals surface area contributed by atoms with E-state index in [9.17, 15) is 4.39 Å². The largest absolute Gasteiger partial charge is 0.411 e. The van der Waals surface area contributed by atoms with Crippen LogP contribution in [0.2, 0.25) is 0 Å². The molecule has 2 aromatic carbocycles. The average Bonchev–Trinajstić information content (AvgIpc) is 3.30. The zero-order valence-electron chi connectivity index (χ0n) is 15.7. The van der Waals surface area contributed by atoms with Crippen molar-refractivity contribution in [2.45, 2.75) is 26.8 Å². The average molecular weight is 377 g/mol. The van der Waals surface area contributed by atoms with Gasteiger partial charge in [0.25, 0.3) is 0 Å². The Bertz CT molecular complexity index is 1170. The molecule has 0 aliphatic rings. The van der Waals surface area contributed by atoms with E-state index in [-0.39, 0.29) is 5.82 Å². The Kier molecular flexibility index (Phi) is 4.65. The van der Waals surface area contributed by atoms with Crippen LogP contribution >= 0.6 is 0 Å². The standard InChI is InChI=1S/C21H20FN5O/c1-3-26-20-8-7-15(14(2)25-28)11-19(20)24-21(26)13-18-9-10-23-27(18)17-6-4-5-16(22)12-17/h4-12,28H,3,13H2,1-2H3. The molecule has 28 heavy (non-hydrogen) atoms. The summed E-state index contributed by atoms with van der Waals surface area (Å²) in [6.07, 6.45) is 2.26. The fourth-order valence-electron chi connectivity index (χ4n) is 3.42. The molecule has 2 heterocycles. The van der Waals surface area contributed by atoms with Crippen molar-refractivity contribution in [1.82, 2.24) is 19.3 Å². The van der Waals surface area contributed by atoms with Crippen LogP contribution in [0.25, 0.3) is 16.7 Å². The first-order valence-corrected chi connectivity index (χ1v) is 9.07. The Morgan fingerprint density at radius 1 is 1.18 bits per heavy atom. The molecule has 2 aromatic heterocycles. The van der Waals surface area contributed by atoms with Crippen molar-refractivity contribution in [3.05, 3.63) is 77.6 Å². The predicted octanol–water partition coefficient (Wildman–Crippen LogP) is 4.17.